The van der Waals surface area contributed by atoms with Gasteiger partial charge in [0.25, 0.3) is 0 Å². The van der Waals surface area contributed by atoms with Gasteiger partial charge in [-0.1, -0.05) is 0 Å². The van der Waals surface area contributed by atoms with Crippen LogP contribution in [0.2, 0.25) is 0 Å². The van der Waals surface area contributed by atoms with Crippen molar-refractivity contribution in [2.24, 2.45) is 5.41 Å². The fourth-order valence-corrected chi connectivity index (χ4v) is 2.41. The molecule has 1 heterocycles. The molecule has 0 bridgehead atoms. The second-order valence-electron chi connectivity index (χ2n) is 4.24. The van der Waals surface area contributed by atoms with Crippen molar-refractivity contribution in [1.82, 2.24) is 0 Å². The maximum atomic E-state index is 10.4. The van der Waals surface area contributed by atoms with Crippen LogP contribution in [0.1, 0.15) is 31.2 Å². The standard InChI is InChI=1S/C11H15NOS/c1-8-5-6-14-9(8)11(4,13)10(2,3)7-12/h5-6,13H,1-4H3. The predicted octanol–water partition coefficient (Wildman–Crippen LogP) is 2.81. The average molecular weight is 209 g/mol. The zero-order valence-electron chi connectivity index (χ0n) is 8.96. The summed E-state index contributed by atoms with van der Waals surface area (Å²) in [5, 5.41) is 21.3. The Balaban J connectivity index is 3.22. The molecule has 0 fully saturated rings. The van der Waals surface area contributed by atoms with Crippen molar-refractivity contribution in [1.29, 1.82) is 5.26 Å². The third-order valence-electron chi connectivity index (χ3n) is 2.80. The molecule has 0 spiro atoms. The fraction of sp³-hybridized carbons (Fsp3) is 0.545. The van der Waals surface area contributed by atoms with Gasteiger partial charge >= 0.3 is 0 Å². The smallest absolute Gasteiger partial charge is 0.114 e. The molecule has 14 heavy (non-hydrogen) atoms. The number of rotatable bonds is 2. The molecule has 1 unspecified atom stereocenters. The summed E-state index contributed by atoms with van der Waals surface area (Å²) in [5.74, 6) is 0. The van der Waals surface area contributed by atoms with Gasteiger partial charge in [0.1, 0.15) is 5.60 Å². The second kappa shape index (κ2) is 3.38. The third-order valence-corrected chi connectivity index (χ3v) is 4.03. The van der Waals surface area contributed by atoms with E-state index >= 15 is 0 Å². The normalized spacial score (nSPS) is 16.0. The van der Waals surface area contributed by atoms with Crippen LogP contribution in [0.3, 0.4) is 0 Å². The summed E-state index contributed by atoms with van der Waals surface area (Å²) < 4.78 is 0. The predicted molar refractivity (Wildman–Crippen MR) is 58.0 cm³/mol. The van der Waals surface area contributed by atoms with Crippen LogP contribution in [0.15, 0.2) is 11.4 Å². The summed E-state index contributed by atoms with van der Waals surface area (Å²) in [6.45, 7) is 7.17. The number of aryl methyl sites for hydroxylation is 1. The minimum absolute atomic E-state index is 0.775. The number of nitriles is 1. The Labute approximate surface area is 88.8 Å². The van der Waals surface area contributed by atoms with E-state index in [1.54, 1.807) is 20.8 Å². The number of hydrogen-bond donors (Lipinski definition) is 1. The highest BCUT2D eigenvalue weighted by atomic mass is 32.1. The summed E-state index contributed by atoms with van der Waals surface area (Å²) in [4.78, 5) is 0.879. The molecule has 1 atom stereocenters. The van der Waals surface area contributed by atoms with Crippen molar-refractivity contribution < 1.29 is 5.11 Å². The fourth-order valence-electron chi connectivity index (χ4n) is 1.26. The average Bonchev–Trinajstić information content (AvgIpc) is 2.51. The van der Waals surface area contributed by atoms with E-state index in [4.69, 9.17) is 5.26 Å². The Bertz CT molecular complexity index is 371. The minimum atomic E-state index is -1.08. The topological polar surface area (TPSA) is 44.0 Å². The van der Waals surface area contributed by atoms with Gasteiger partial charge in [-0.15, -0.1) is 11.3 Å². The SMILES string of the molecule is Cc1ccsc1C(C)(O)C(C)(C)C#N. The summed E-state index contributed by atoms with van der Waals surface area (Å²) >= 11 is 1.50. The van der Waals surface area contributed by atoms with Gasteiger partial charge < -0.3 is 5.11 Å². The van der Waals surface area contributed by atoms with Crippen LogP contribution in [0, 0.1) is 23.7 Å². The Kier molecular flexibility index (Phi) is 2.71. The van der Waals surface area contributed by atoms with Gasteiger partial charge in [-0.3, -0.25) is 0 Å². The molecular formula is C11H15NOS. The van der Waals surface area contributed by atoms with E-state index in [-0.39, 0.29) is 0 Å². The zero-order chi connectivity index (χ0) is 11.0. The Morgan fingerprint density at radius 3 is 2.36 bits per heavy atom. The highest BCUT2D eigenvalue weighted by Crippen LogP contribution is 2.42. The molecule has 0 aliphatic heterocycles. The first kappa shape index (κ1) is 11.2. The van der Waals surface area contributed by atoms with Crippen molar-refractivity contribution in [3.05, 3.63) is 21.9 Å². The Morgan fingerprint density at radius 1 is 1.43 bits per heavy atom. The molecule has 1 rings (SSSR count). The number of nitrogens with zero attached hydrogens (tertiary/aromatic N) is 1. The van der Waals surface area contributed by atoms with Crippen LogP contribution in [0.5, 0.6) is 0 Å². The quantitative estimate of drug-likeness (QED) is 0.814. The zero-order valence-corrected chi connectivity index (χ0v) is 9.77. The van der Waals surface area contributed by atoms with Crippen molar-refractivity contribution >= 4 is 11.3 Å². The van der Waals surface area contributed by atoms with Gasteiger partial charge in [0.15, 0.2) is 0 Å². The molecule has 0 aromatic carbocycles. The van der Waals surface area contributed by atoms with E-state index in [0.717, 1.165) is 10.4 Å². The first-order chi connectivity index (χ1) is 6.33. The van der Waals surface area contributed by atoms with Gasteiger partial charge in [0.2, 0.25) is 0 Å². The summed E-state index contributed by atoms with van der Waals surface area (Å²) in [6, 6.07) is 4.11. The molecule has 3 heteroatoms. The van der Waals surface area contributed by atoms with Crippen molar-refractivity contribution in [3.63, 3.8) is 0 Å². The maximum Gasteiger partial charge on any atom is 0.114 e. The lowest BCUT2D eigenvalue weighted by Gasteiger charge is -2.34. The molecule has 2 nitrogen and oxygen atoms in total. The molecule has 76 valence electrons. The Morgan fingerprint density at radius 2 is 2.00 bits per heavy atom. The van der Waals surface area contributed by atoms with Crippen molar-refractivity contribution in [3.8, 4) is 6.07 Å². The molecule has 0 saturated carbocycles. The van der Waals surface area contributed by atoms with E-state index in [2.05, 4.69) is 6.07 Å². The van der Waals surface area contributed by atoms with E-state index in [0.29, 0.717) is 0 Å². The van der Waals surface area contributed by atoms with Crippen LogP contribution < -0.4 is 0 Å². The molecule has 0 amide bonds. The molecular weight excluding hydrogens is 194 g/mol. The molecule has 0 radical (unpaired) electrons. The lowest BCUT2D eigenvalue weighted by atomic mass is 9.75. The lowest BCUT2D eigenvalue weighted by molar-refractivity contribution is -0.0238. The van der Waals surface area contributed by atoms with Crippen LogP contribution in [-0.4, -0.2) is 5.11 Å². The van der Waals surface area contributed by atoms with E-state index in [9.17, 15) is 5.11 Å². The molecule has 0 aliphatic carbocycles. The molecule has 1 aromatic heterocycles. The maximum absolute atomic E-state index is 10.4. The lowest BCUT2D eigenvalue weighted by Crippen LogP contribution is -2.37. The summed E-state index contributed by atoms with van der Waals surface area (Å²) in [6.07, 6.45) is 0. The number of aliphatic hydroxyl groups is 1. The van der Waals surface area contributed by atoms with E-state index in [1.165, 1.54) is 11.3 Å². The molecule has 1 N–H and O–H groups in total. The number of thiophene rings is 1. The highest BCUT2D eigenvalue weighted by molar-refractivity contribution is 7.10. The van der Waals surface area contributed by atoms with Gasteiger partial charge in [-0.05, 0) is 44.7 Å². The molecule has 1 aromatic rings. The summed E-state index contributed by atoms with van der Waals surface area (Å²) in [5.41, 5.74) is -0.814. The first-order valence-corrected chi connectivity index (χ1v) is 5.39. The first-order valence-electron chi connectivity index (χ1n) is 4.51. The van der Waals surface area contributed by atoms with Gasteiger partial charge in [-0.2, -0.15) is 5.26 Å². The Hall–Kier alpha value is -0.850. The van der Waals surface area contributed by atoms with Crippen molar-refractivity contribution in [2.75, 3.05) is 0 Å². The second-order valence-corrected chi connectivity index (χ2v) is 5.16. The third kappa shape index (κ3) is 1.56. The van der Waals surface area contributed by atoms with E-state index in [1.807, 2.05) is 18.4 Å². The van der Waals surface area contributed by atoms with E-state index < -0.39 is 11.0 Å². The van der Waals surface area contributed by atoms with Crippen LogP contribution in [0.4, 0.5) is 0 Å². The summed E-state index contributed by atoms with van der Waals surface area (Å²) in [7, 11) is 0. The van der Waals surface area contributed by atoms with Gasteiger partial charge in [-0.25, -0.2) is 0 Å². The van der Waals surface area contributed by atoms with Gasteiger partial charge in [0, 0.05) is 4.88 Å². The van der Waals surface area contributed by atoms with Crippen LogP contribution in [-0.2, 0) is 5.60 Å². The van der Waals surface area contributed by atoms with Gasteiger partial charge in [0.05, 0.1) is 11.5 Å². The molecule has 0 saturated heterocycles. The van der Waals surface area contributed by atoms with Crippen LogP contribution in [0.25, 0.3) is 0 Å². The molecule has 0 aliphatic rings. The minimum Gasteiger partial charge on any atom is -0.383 e. The number of hydrogen-bond acceptors (Lipinski definition) is 3. The highest BCUT2D eigenvalue weighted by Gasteiger charge is 2.42. The monoisotopic (exact) mass is 209 g/mol. The van der Waals surface area contributed by atoms with Crippen molar-refractivity contribution in [2.45, 2.75) is 33.3 Å². The van der Waals surface area contributed by atoms with Crippen LogP contribution >= 0.6 is 11.3 Å². The largest absolute Gasteiger partial charge is 0.383 e.